The van der Waals surface area contributed by atoms with Crippen molar-refractivity contribution in [2.45, 2.75) is 19.9 Å². The van der Waals surface area contributed by atoms with Crippen LogP contribution in [0.1, 0.15) is 39.5 Å². The lowest BCUT2D eigenvalue weighted by atomic mass is 9.95. The molecule has 8 nitrogen and oxygen atoms in total. The van der Waals surface area contributed by atoms with Crippen LogP contribution < -0.4 is 9.64 Å². The molecule has 2 aromatic carbocycles. The second kappa shape index (κ2) is 9.48. The van der Waals surface area contributed by atoms with Crippen LogP contribution in [0.3, 0.4) is 0 Å². The Morgan fingerprint density at radius 1 is 1.12 bits per heavy atom. The van der Waals surface area contributed by atoms with Gasteiger partial charge in [0.15, 0.2) is 5.13 Å². The standard InChI is InChI=1S/C25H22N2O6S/c1-4-33-24(31)22-14(2)26-25(34-22)27-19(15-8-6-5-7-9-15)18(21(29)23(27)30)20(28)16-10-12-17(32-3)13-11-16/h5-13,19,28H,4H2,1-3H3/t19-/m1/s1. The average Bonchev–Trinajstić information content (AvgIpc) is 3.36. The minimum atomic E-state index is -0.927. The molecule has 2 heterocycles. The predicted molar refractivity (Wildman–Crippen MR) is 127 cm³/mol. The number of anilines is 1. The van der Waals surface area contributed by atoms with Crippen molar-refractivity contribution in [1.29, 1.82) is 0 Å². The maximum absolute atomic E-state index is 13.2. The summed E-state index contributed by atoms with van der Waals surface area (Å²) < 4.78 is 10.2. The Hall–Kier alpha value is -3.98. The zero-order valence-corrected chi connectivity index (χ0v) is 19.6. The largest absolute Gasteiger partial charge is 0.507 e. The Balaban J connectivity index is 1.88. The zero-order chi connectivity index (χ0) is 24.4. The van der Waals surface area contributed by atoms with Crippen molar-refractivity contribution in [2.24, 2.45) is 0 Å². The van der Waals surface area contributed by atoms with Crippen LogP contribution in [0.5, 0.6) is 5.75 Å². The van der Waals surface area contributed by atoms with Crippen LogP contribution in [0.15, 0.2) is 60.2 Å². The maximum atomic E-state index is 13.2. The molecule has 1 amide bonds. The van der Waals surface area contributed by atoms with E-state index < -0.39 is 23.7 Å². The number of thiazole rings is 1. The van der Waals surface area contributed by atoms with Gasteiger partial charge >= 0.3 is 11.9 Å². The monoisotopic (exact) mass is 478 g/mol. The van der Waals surface area contributed by atoms with E-state index in [2.05, 4.69) is 4.98 Å². The molecule has 3 aromatic rings. The van der Waals surface area contributed by atoms with E-state index >= 15 is 0 Å². The third kappa shape index (κ3) is 4.06. The molecule has 1 saturated heterocycles. The van der Waals surface area contributed by atoms with Crippen molar-refractivity contribution < 1.29 is 29.0 Å². The van der Waals surface area contributed by atoms with Crippen molar-refractivity contribution in [3.8, 4) is 5.75 Å². The molecule has 0 aliphatic carbocycles. The fraction of sp³-hybridized carbons (Fsp3) is 0.200. The molecule has 34 heavy (non-hydrogen) atoms. The topological polar surface area (TPSA) is 106 Å². The van der Waals surface area contributed by atoms with Crippen molar-refractivity contribution in [1.82, 2.24) is 4.98 Å². The first kappa shape index (κ1) is 23.2. The summed E-state index contributed by atoms with van der Waals surface area (Å²) in [6.45, 7) is 3.53. The van der Waals surface area contributed by atoms with Crippen LogP contribution in [0, 0.1) is 6.92 Å². The number of carbonyl (C=O) groups is 3. The molecular formula is C25H22N2O6S. The maximum Gasteiger partial charge on any atom is 0.350 e. The molecule has 9 heteroatoms. The van der Waals surface area contributed by atoms with Crippen LogP contribution in [-0.4, -0.2) is 41.5 Å². The van der Waals surface area contributed by atoms with Crippen LogP contribution in [0.25, 0.3) is 5.76 Å². The molecule has 174 valence electrons. The third-order valence-electron chi connectivity index (χ3n) is 5.38. The van der Waals surface area contributed by atoms with Gasteiger partial charge in [-0.3, -0.25) is 14.5 Å². The molecule has 0 unspecified atom stereocenters. The van der Waals surface area contributed by atoms with Gasteiger partial charge < -0.3 is 14.6 Å². The molecule has 0 bridgehead atoms. The second-order valence-corrected chi connectivity index (χ2v) is 8.42. The van der Waals surface area contributed by atoms with Crippen LogP contribution in [-0.2, 0) is 14.3 Å². The van der Waals surface area contributed by atoms with E-state index in [1.165, 1.54) is 12.0 Å². The second-order valence-electron chi connectivity index (χ2n) is 7.44. The van der Waals surface area contributed by atoms with Gasteiger partial charge in [0.05, 0.1) is 31.0 Å². The molecule has 1 aliphatic rings. The van der Waals surface area contributed by atoms with E-state index in [9.17, 15) is 19.5 Å². The number of carbonyl (C=O) groups excluding carboxylic acids is 3. The van der Waals surface area contributed by atoms with Gasteiger partial charge in [-0.25, -0.2) is 9.78 Å². The Labute approximate surface area is 200 Å². The Kier molecular flexibility index (Phi) is 6.47. The van der Waals surface area contributed by atoms with Gasteiger partial charge in [-0.2, -0.15) is 0 Å². The molecule has 0 radical (unpaired) electrons. The lowest BCUT2D eigenvalue weighted by Crippen LogP contribution is -2.29. The molecule has 1 aromatic heterocycles. The van der Waals surface area contributed by atoms with Gasteiger partial charge in [-0.1, -0.05) is 41.7 Å². The molecule has 4 rings (SSSR count). The summed E-state index contributed by atoms with van der Waals surface area (Å²) in [6.07, 6.45) is 0. The first-order valence-corrected chi connectivity index (χ1v) is 11.3. The predicted octanol–water partition coefficient (Wildman–Crippen LogP) is 4.26. The first-order chi connectivity index (χ1) is 16.4. The number of Topliss-reactive ketones (excluding diaryl/α,β-unsaturated/α-hetero) is 1. The number of ketones is 1. The quantitative estimate of drug-likeness (QED) is 0.244. The number of esters is 1. The normalized spacial score (nSPS) is 17.1. The zero-order valence-electron chi connectivity index (χ0n) is 18.8. The minimum absolute atomic E-state index is 0.0631. The summed E-state index contributed by atoms with van der Waals surface area (Å²) in [5.41, 5.74) is 1.30. The summed E-state index contributed by atoms with van der Waals surface area (Å²) in [6, 6.07) is 14.5. The molecule has 1 N–H and O–H groups in total. The number of nitrogens with zero attached hydrogens (tertiary/aromatic N) is 2. The molecule has 0 saturated carbocycles. The highest BCUT2D eigenvalue weighted by atomic mass is 32.1. The van der Waals surface area contributed by atoms with Crippen molar-refractivity contribution >= 4 is 39.9 Å². The number of methoxy groups -OCH3 is 1. The number of rotatable bonds is 6. The van der Waals surface area contributed by atoms with Gasteiger partial charge in [0.1, 0.15) is 16.4 Å². The molecule has 1 fully saturated rings. The average molecular weight is 479 g/mol. The lowest BCUT2D eigenvalue weighted by molar-refractivity contribution is -0.132. The fourth-order valence-corrected chi connectivity index (χ4v) is 4.74. The minimum Gasteiger partial charge on any atom is -0.507 e. The number of ether oxygens (including phenoxy) is 2. The lowest BCUT2D eigenvalue weighted by Gasteiger charge is -2.23. The van der Waals surface area contributed by atoms with Gasteiger partial charge in [-0.15, -0.1) is 0 Å². The summed E-state index contributed by atoms with van der Waals surface area (Å²) in [7, 11) is 1.52. The van der Waals surface area contributed by atoms with E-state index in [4.69, 9.17) is 9.47 Å². The Bertz CT molecular complexity index is 1280. The van der Waals surface area contributed by atoms with E-state index in [0.717, 1.165) is 11.3 Å². The first-order valence-electron chi connectivity index (χ1n) is 10.5. The van der Waals surface area contributed by atoms with Gasteiger partial charge in [-0.05, 0) is 43.7 Å². The number of aromatic nitrogens is 1. The molecule has 1 atom stereocenters. The van der Waals surface area contributed by atoms with Crippen LogP contribution in [0.4, 0.5) is 5.13 Å². The summed E-state index contributed by atoms with van der Waals surface area (Å²) in [4.78, 5) is 44.6. The van der Waals surface area contributed by atoms with E-state index in [1.807, 2.05) is 6.07 Å². The molecule has 1 aliphatic heterocycles. The number of amides is 1. The Morgan fingerprint density at radius 3 is 2.41 bits per heavy atom. The highest BCUT2D eigenvalue weighted by Gasteiger charge is 2.48. The van der Waals surface area contributed by atoms with Crippen LogP contribution in [0.2, 0.25) is 0 Å². The number of benzene rings is 2. The van der Waals surface area contributed by atoms with E-state index in [0.29, 0.717) is 22.6 Å². The molecular weight excluding hydrogens is 456 g/mol. The summed E-state index contributed by atoms with van der Waals surface area (Å²) in [5.74, 6) is -1.95. The summed E-state index contributed by atoms with van der Waals surface area (Å²) in [5, 5.41) is 11.3. The number of aliphatic hydroxyl groups is 1. The number of aliphatic hydroxyl groups excluding tert-OH is 1. The van der Waals surface area contributed by atoms with Crippen LogP contribution >= 0.6 is 11.3 Å². The van der Waals surface area contributed by atoms with Gasteiger partial charge in [0.2, 0.25) is 0 Å². The SMILES string of the molecule is CCOC(=O)c1sc(N2C(=O)C(=O)C(=C(O)c3ccc(OC)cc3)[C@H]2c2ccccc2)nc1C. The number of aryl methyl sites for hydroxylation is 1. The smallest absolute Gasteiger partial charge is 0.350 e. The highest BCUT2D eigenvalue weighted by molar-refractivity contribution is 7.17. The van der Waals surface area contributed by atoms with Gasteiger partial charge in [0.25, 0.3) is 5.78 Å². The van der Waals surface area contributed by atoms with Crippen molar-refractivity contribution in [3.63, 3.8) is 0 Å². The molecule has 0 spiro atoms. The van der Waals surface area contributed by atoms with Crippen molar-refractivity contribution in [3.05, 3.63) is 81.9 Å². The highest BCUT2D eigenvalue weighted by Crippen LogP contribution is 2.43. The third-order valence-corrected chi connectivity index (χ3v) is 6.51. The van der Waals surface area contributed by atoms with E-state index in [1.54, 1.807) is 62.4 Å². The van der Waals surface area contributed by atoms with E-state index in [-0.39, 0.29) is 27.9 Å². The van der Waals surface area contributed by atoms with Gasteiger partial charge in [0, 0.05) is 5.56 Å². The number of hydrogen-bond acceptors (Lipinski definition) is 8. The Morgan fingerprint density at radius 2 is 1.79 bits per heavy atom. The number of hydrogen-bond donors (Lipinski definition) is 1. The van der Waals surface area contributed by atoms with Crippen molar-refractivity contribution in [2.75, 3.05) is 18.6 Å². The fourth-order valence-electron chi connectivity index (χ4n) is 3.76. The summed E-state index contributed by atoms with van der Waals surface area (Å²) >= 11 is 0.970.